The van der Waals surface area contributed by atoms with Gasteiger partial charge in [0.15, 0.2) is 11.5 Å². The van der Waals surface area contributed by atoms with E-state index in [9.17, 15) is 14.4 Å². The Balaban J connectivity index is 1.81. The number of carbonyl (C=O) groups is 1. The minimum Gasteiger partial charge on any atom is -0.497 e. The predicted octanol–water partition coefficient (Wildman–Crippen LogP) is 2.00. The summed E-state index contributed by atoms with van der Waals surface area (Å²) in [7, 11) is 4.33. The molecular weight excluding hydrogens is 432 g/mol. The number of methoxy groups -OCH3 is 3. The second-order valence-electron chi connectivity index (χ2n) is 6.93. The van der Waals surface area contributed by atoms with Crippen LogP contribution >= 0.6 is 0 Å². The maximum absolute atomic E-state index is 13.0. The van der Waals surface area contributed by atoms with E-state index in [0.717, 1.165) is 0 Å². The number of carbonyl (C=O) groups excluding carboxylic acids is 1. The van der Waals surface area contributed by atoms with Crippen LogP contribution in [0.2, 0.25) is 0 Å². The molecule has 0 amide bonds. The van der Waals surface area contributed by atoms with Gasteiger partial charge in [-0.3, -0.25) is 9.59 Å². The second-order valence-corrected chi connectivity index (χ2v) is 6.93. The number of hydrogen-bond acceptors (Lipinski definition) is 8. The zero-order valence-corrected chi connectivity index (χ0v) is 18.2. The Morgan fingerprint density at radius 1 is 0.970 bits per heavy atom. The largest absolute Gasteiger partial charge is 0.497 e. The third-order valence-corrected chi connectivity index (χ3v) is 4.89. The van der Waals surface area contributed by atoms with Gasteiger partial charge in [0.05, 0.1) is 33.1 Å². The molecule has 0 saturated heterocycles. The number of H-pyrrole nitrogens is 2. The van der Waals surface area contributed by atoms with Crippen molar-refractivity contribution in [1.82, 2.24) is 14.6 Å². The zero-order chi connectivity index (χ0) is 23.7. The van der Waals surface area contributed by atoms with Crippen molar-refractivity contribution in [2.45, 2.75) is 6.92 Å². The Labute approximate surface area is 186 Å². The minimum absolute atomic E-state index is 0.106. The van der Waals surface area contributed by atoms with E-state index >= 15 is 0 Å². The number of hydrogen-bond donors (Lipinski definition) is 2. The maximum Gasteiger partial charge on any atom is 0.350 e. The van der Waals surface area contributed by atoms with Crippen LogP contribution in [-0.2, 0) is 4.79 Å². The molecule has 4 rings (SSSR count). The summed E-state index contributed by atoms with van der Waals surface area (Å²) < 4.78 is 21.6. The molecule has 2 heterocycles. The van der Waals surface area contributed by atoms with E-state index < -0.39 is 17.2 Å². The number of nitrogens with one attached hydrogen (secondary N) is 2. The van der Waals surface area contributed by atoms with Gasteiger partial charge in [0.2, 0.25) is 5.75 Å². The van der Waals surface area contributed by atoms with Gasteiger partial charge in [-0.15, -0.1) is 4.68 Å². The van der Waals surface area contributed by atoms with E-state index in [1.165, 1.54) is 46.6 Å². The lowest BCUT2D eigenvalue weighted by Crippen LogP contribution is -2.32. The summed E-state index contributed by atoms with van der Waals surface area (Å²) in [6, 6.07) is 8.27. The summed E-state index contributed by atoms with van der Waals surface area (Å²) in [4.78, 5) is 42.7. The minimum atomic E-state index is -0.720. The molecule has 0 spiro atoms. The molecule has 170 valence electrons. The Kier molecular flexibility index (Phi) is 5.61. The van der Waals surface area contributed by atoms with Gasteiger partial charge in [0, 0.05) is 23.4 Å². The molecule has 2 aromatic heterocycles. The Hall–Kier alpha value is -4.54. The fourth-order valence-corrected chi connectivity index (χ4v) is 3.39. The number of nitrogens with zero attached hydrogens (tertiary/aromatic N) is 2. The first-order valence-corrected chi connectivity index (χ1v) is 9.69. The molecule has 4 aromatic rings. The van der Waals surface area contributed by atoms with E-state index in [1.807, 2.05) is 0 Å². The van der Waals surface area contributed by atoms with Gasteiger partial charge in [-0.05, 0) is 30.3 Å². The van der Waals surface area contributed by atoms with E-state index in [1.54, 1.807) is 18.2 Å². The van der Waals surface area contributed by atoms with Crippen LogP contribution in [0, 0.1) is 0 Å². The van der Waals surface area contributed by atoms with Crippen molar-refractivity contribution >= 4 is 34.1 Å². The van der Waals surface area contributed by atoms with Crippen LogP contribution in [0.25, 0.3) is 21.9 Å². The fraction of sp³-hybridized carbons (Fsp3) is 0.182. The van der Waals surface area contributed by atoms with Crippen molar-refractivity contribution in [2.75, 3.05) is 21.3 Å². The van der Waals surface area contributed by atoms with Crippen molar-refractivity contribution < 1.29 is 23.7 Å². The molecule has 11 nitrogen and oxygen atoms in total. The van der Waals surface area contributed by atoms with Gasteiger partial charge in [0.1, 0.15) is 11.3 Å². The molecule has 0 fully saturated rings. The predicted molar refractivity (Wildman–Crippen MR) is 121 cm³/mol. The molecule has 0 atom stereocenters. The Morgan fingerprint density at radius 3 is 2.27 bits per heavy atom. The van der Waals surface area contributed by atoms with Crippen molar-refractivity contribution in [1.29, 1.82) is 0 Å². The monoisotopic (exact) mass is 452 g/mol. The SMILES string of the molecule is COc1ccc2[nH]c3c(=O)n(/N=C/c4cc(OC)c(OC(C)=O)c(OC)c4)c(=O)[nH]c3c2c1. The van der Waals surface area contributed by atoms with Crippen molar-refractivity contribution in [2.24, 2.45) is 5.10 Å². The third-order valence-electron chi connectivity index (χ3n) is 4.89. The van der Waals surface area contributed by atoms with Crippen molar-refractivity contribution in [3.05, 3.63) is 56.7 Å². The van der Waals surface area contributed by atoms with Crippen LogP contribution in [0.4, 0.5) is 0 Å². The molecule has 2 N–H and O–H groups in total. The molecule has 11 heteroatoms. The number of benzene rings is 2. The third kappa shape index (κ3) is 3.91. The number of rotatable bonds is 6. The summed E-state index contributed by atoms with van der Waals surface area (Å²) in [5, 5.41) is 4.69. The quantitative estimate of drug-likeness (QED) is 0.259. The standard InChI is InChI=1S/C22H20N4O7/c1-11(27)33-20-16(31-3)7-12(8-17(20)32-4)10-23-26-21(28)19-18(25-22(26)29)14-9-13(30-2)5-6-15(14)24-19/h5-10,24H,1-4H3,(H,25,29)/b23-10+. The molecule has 0 aliphatic rings. The lowest BCUT2D eigenvalue weighted by Gasteiger charge is -2.13. The highest BCUT2D eigenvalue weighted by molar-refractivity contribution is 6.04. The average Bonchev–Trinajstić information content (AvgIpc) is 3.16. The van der Waals surface area contributed by atoms with E-state index in [2.05, 4.69) is 15.1 Å². The molecule has 0 bridgehead atoms. The van der Waals surface area contributed by atoms with E-state index in [0.29, 0.717) is 32.4 Å². The molecule has 0 aliphatic carbocycles. The highest BCUT2D eigenvalue weighted by Crippen LogP contribution is 2.38. The first-order valence-electron chi connectivity index (χ1n) is 9.69. The average molecular weight is 452 g/mol. The van der Waals surface area contributed by atoms with E-state index in [-0.39, 0.29) is 22.8 Å². The van der Waals surface area contributed by atoms with Gasteiger partial charge < -0.3 is 28.9 Å². The summed E-state index contributed by atoms with van der Waals surface area (Å²) in [6.07, 6.45) is 1.29. The number of aromatic nitrogens is 3. The van der Waals surface area contributed by atoms with Crippen molar-refractivity contribution in [3.8, 4) is 23.0 Å². The number of aromatic amines is 2. The summed E-state index contributed by atoms with van der Waals surface area (Å²) in [5.41, 5.74) is 0.302. The Bertz CT molecular complexity index is 1500. The van der Waals surface area contributed by atoms with Crippen LogP contribution in [0.15, 0.2) is 45.0 Å². The van der Waals surface area contributed by atoms with Gasteiger partial charge in [-0.1, -0.05) is 0 Å². The molecular formula is C22H20N4O7. The van der Waals surface area contributed by atoms with Gasteiger partial charge in [-0.2, -0.15) is 5.10 Å². The molecule has 0 unspecified atom stereocenters. The van der Waals surface area contributed by atoms with Crippen LogP contribution in [-0.4, -0.2) is 48.2 Å². The highest BCUT2D eigenvalue weighted by Gasteiger charge is 2.16. The molecule has 0 radical (unpaired) electrons. The molecule has 2 aromatic carbocycles. The van der Waals surface area contributed by atoms with Crippen LogP contribution in [0.3, 0.4) is 0 Å². The molecule has 0 aliphatic heterocycles. The highest BCUT2D eigenvalue weighted by atomic mass is 16.6. The maximum atomic E-state index is 13.0. The van der Waals surface area contributed by atoms with E-state index in [4.69, 9.17) is 18.9 Å². The Morgan fingerprint density at radius 2 is 1.67 bits per heavy atom. The van der Waals surface area contributed by atoms with Crippen molar-refractivity contribution in [3.63, 3.8) is 0 Å². The lowest BCUT2D eigenvalue weighted by atomic mass is 10.2. The van der Waals surface area contributed by atoms with Gasteiger partial charge >= 0.3 is 17.2 Å². The van der Waals surface area contributed by atoms with Gasteiger partial charge in [0.25, 0.3) is 0 Å². The first-order chi connectivity index (χ1) is 15.9. The number of esters is 1. The number of ether oxygens (including phenoxy) is 4. The topological polar surface area (TPSA) is 137 Å². The van der Waals surface area contributed by atoms with Gasteiger partial charge in [-0.25, -0.2) is 4.79 Å². The summed E-state index contributed by atoms with van der Waals surface area (Å²) in [5.74, 6) is 0.580. The first kappa shape index (κ1) is 21.7. The second kappa shape index (κ2) is 8.54. The van der Waals surface area contributed by atoms with Crippen LogP contribution < -0.4 is 30.2 Å². The fourth-order valence-electron chi connectivity index (χ4n) is 3.39. The molecule has 0 saturated carbocycles. The lowest BCUT2D eigenvalue weighted by molar-refractivity contribution is -0.132. The summed E-state index contributed by atoms with van der Waals surface area (Å²) >= 11 is 0. The number of fused-ring (bicyclic) bond motifs is 3. The van der Waals surface area contributed by atoms with Crippen LogP contribution in [0.5, 0.6) is 23.0 Å². The van der Waals surface area contributed by atoms with Crippen LogP contribution in [0.1, 0.15) is 12.5 Å². The summed E-state index contributed by atoms with van der Waals surface area (Å²) in [6.45, 7) is 1.25. The molecule has 33 heavy (non-hydrogen) atoms. The smallest absolute Gasteiger partial charge is 0.350 e. The normalized spacial score (nSPS) is 11.3. The zero-order valence-electron chi connectivity index (χ0n) is 18.2.